The van der Waals surface area contributed by atoms with Gasteiger partial charge in [-0.05, 0) is 77.1 Å². The summed E-state index contributed by atoms with van der Waals surface area (Å²) in [7, 11) is 0. The molecule has 2 aliphatic heterocycles. The molecule has 0 bridgehead atoms. The fourth-order valence-electron chi connectivity index (χ4n) is 5.13. The summed E-state index contributed by atoms with van der Waals surface area (Å²) in [5, 5.41) is 3.66. The van der Waals surface area contributed by atoms with Crippen molar-refractivity contribution in [2.24, 2.45) is 0 Å². The molecule has 2 saturated heterocycles. The first-order valence-electron chi connectivity index (χ1n) is 12.5. The lowest BCUT2D eigenvalue weighted by molar-refractivity contribution is 0.00445. The molecule has 0 aliphatic carbocycles. The molecule has 0 spiro atoms. The molecule has 2 aliphatic rings. The molecular formula is C27H39N5O2. The average Bonchev–Trinajstić information content (AvgIpc) is 2.75. The Bertz CT molecular complexity index is 929. The summed E-state index contributed by atoms with van der Waals surface area (Å²) >= 11 is 0. The smallest absolute Gasteiger partial charge is 0.410 e. The van der Waals surface area contributed by atoms with Gasteiger partial charge in [-0.3, -0.25) is 14.9 Å². The van der Waals surface area contributed by atoms with E-state index in [9.17, 15) is 4.79 Å². The lowest BCUT2D eigenvalue weighted by Gasteiger charge is -2.44. The predicted molar refractivity (Wildman–Crippen MR) is 134 cm³/mol. The van der Waals surface area contributed by atoms with Crippen LogP contribution in [0, 0.1) is 13.8 Å². The van der Waals surface area contributed by atoms with E-state index in [1.54, 1.807) is 4.90 Å². The minimum atomic E-state index is -0.457. The van der Waals surface area contributed by atoms with Gasteiger partial charge in [0.05, 0.1) is 23.5 Å². The number of nitrogens with zero attached hydrogens (tertiary/aromatic N) is 4. The van der Waals surface area contributed by atoms with Crippen LogP contribution < -0.4 is 5.32 Å². The molecule has 0 radical (unpaired) electrons. The minimum Gasteiger partial charge on any atom is -0.444 e. The fourth-order valence-corrected chi connectivity index (χ4v) is 5.13. The maximum atomic E-state index is 12.2. The summed E-state index contributed by atoms with van der Waals surface area (Å²) in [5.41, 5.74) is 4.40. The zero-order chi connectivity index (χ0) is 24.3. The number of carbonyl (C=O) groups excluding carboxylic acids is 1. The summed E-state index contributed by atoms with van der Waals surface area (Å²) in [5.74, 6) is 0. The van der Waals surface area contributed by atoms with Crippen LogP contribution in [0.5, 0.6) is 0 Å². The number of hydrogen-bond donors (Lipinski definition) is 1. The van der Waals surface area contributed by atoms with Gasteiger partial charge in [0.15, 0.2) is 0 Å². The first kappa shape index (κ1) is 24.6. The number of nitrogens with one attached hydrogen (secondary N) is 1. The molecule has 2 aromatic rings. The fraction of sp³-hybridized carbons (Fsp3) is 0.593. The van der Waals surface area contributed by atoms with E-state index >= 15 is 0 Å². The van der Waals surface area contributed by atoms with Crippen LogP contribution in [0.1, 0.15) is 74.6 Å². The summed E-state index contributed by atoms with van der Waals surface area (Å²) in [6.07, 6.45) is 6.98. The number of ether oxygens (including phenoxy) is 1. The van der Waals surface area contributed by atoms with Crippen LogP contribution in [0.3, 0.4) is 0 Å². The molecule has 1 N–H and O–H groups in total. The number of aryl methyl sites for hydroxylation is 2. The number of rotatable bonds is 6. The number of amides is 1. The van der Waals surface area contributed by atoms with Gasteiger partial charge in [-0.2, -0.15) is 0 Å². The molecule has 0 saturated carbocycles. The predicted octanol–water partition coefficient (Wildman–Crippen LogP) is 4.57. The molecule has 34 heavy (non-hydrogen) atoms. The Balaban J connectivity index is 1.42. The maximum absolute atomic E-state index is 12.2. The maximum Gasteiger partial charge on any atom is 0.410 e. The van der Waals surface area contributed by atoms with E-state index in [0.29, 0.717) is 19.1 Å². The highest BCUT2D eigenvalue weighted by Crippen LogP contribution is 2.41. The van der Waals surface area contributed by atoms with Gasteiger partial charge in [0.2, 0.25) is 0 Å². The third-order valence-corrected chi connectivity index (χ3v) is 6.82. The quantitative estimate of drug-likeness (QED) is 0.674. The van der Waals surface area contributed by atoms with E-state index in [4.69, 9.17) is 14.7 Å². The van der Waals surface area contributed by atoms with Crippen LogP contribution in [0.15, 0.2) is 36.7 Å². The SMILES string of the molecule is Cc1cccnc1[C@H]1CCC[C@@H](c2ncccc2C)N1CCNC1CN(C(=O)OC(C)(C)C)C1. The van der Waals surface area contributed by atoms with Crippen LogP contribution in [0.4, 0.5) is 4.79 Å². The lowest BCUT2D eigenvalue weighted by atomic mass is 9.89. The van der Waals surface area contributed by atoms with Crippen molar-refractivity contribution < 1.29 is 9.53 Å². The molecule has 2 fully saturated rings. The monoisotopic (exact) mass is 465 g/mol. The Kier molecular flexibility index (Phi) is 7.53. The average molecular weight is 466 g/mol. The second kappa shape index (κ2) is 10.4. The second-order valence-corrected chi connectivity index (χ2v) is 10.6. The highest BCUT2D eigenvalue weighted by molar-refractivity contribution is 5.69. The van der Waals surface area contributed by atoms with Crippen LogP contribution in [0.25, 0.3) is 0 Å². The van der Waals surface area contributed by atoms with Gasteiger partial charge in [0.25, 0.3) is 0 Å². The molecular weight excluding hydrogens is 426 g/mol. The zero-order valence-corrected chi connectivity index (χ0v) is 21.3. The number of pyridine rings is 2. The lowest BCUT2D eigenvalue weighted by Crippen LogP contribution is -2.61. The number of hydrogen-bond acceptors (Lipinski definition) is 6. The van der Waals surface area contributed by atoms with Crippen LogP contribution in [0.2, 0.25) is 0 Å². The van der Waals surface area contributed by atoms with E-state index in [1.807, 2.05) is 45.3 Å². The van der Waals surface area contributed by atoms with Gasteiger partial charge < -0.3 is 15.0 Å². The second-order valence-electron chi connectivity index (χ2n) is 10.6. The van der Waals surface area contributed by atoms with E-state index in [-0.39, 0.29) is 18.2 Å². The highest BCUT2D eigenvalue weighted by atomic mass is 16.6. The molecule has 2 aromatic heterocycles. The normalized spacial score (nSPS) is 21.9. The molecule has 184 valence electrons. The Hall–Kier alpha value is -2.51. The van der Waals surface area contributed by atoms with Gasteiger partial charge in [-0.15, -0.1) is 0 Å². The van der Waals surface area contributed by atoms with Crippen molar-refractivity contribution in [2.75, 3.05) is 26.2 Å². The van der Waals surface area contributed by atoms with Crippen molar-refractivity contribution in [1.29, 1.82) is 0 Å². The molecule has 0 aromatic carbocycles. The molecule has 4 rings (SSSR count). The van der Waals surface area contributed by atoms with Crippen molar-refractivity contribution in [1.82, 2.24) is 25.1 Å². The van der Waals surface area contributed by atoms with Crippen molar-refractivity contribution in [3.63, 3.8) is 0 Å². The molecule has 7 heteroatoms. The summed E-state index contributed by atoms with van der Waals surface area (Å²) < 4.78 is 5.48. The first-order chi connectivity index (χ1) is 16.2. The summed E-state index contributed by atoms with van der Waals surface area (Å²) in [6.45, 7) is 13.2. The van der Waals surface area contributed by atoms with E-state index in [2.05, 4.69) is 36.2 Å². The van der Waals surface area contributed by atoms with E-state index in [1.165, 1.54) is 28.9 Å². The molecule has 4 heterocycles. The molecule has 7 nitrogen and oxygen atoms in total. The summed E-state index contributed by atoms with van der Waals surface area (Å²) in [4.78, 5) is 26.2. The highest BCUT2D eigenvalue weighted by Gasteiger charge is 2.36. The molecule has 2 atom stereocenters. The third-order valence-electron chi connectivity index (χ3n) is 6.82. The van der Waals surface area contributed by atoms with Crippen molar-refractivity contribution in [2.45, 2.75) is 77.6 Å². The topological polar surface area (TPSA) is 70.6 Å². The van der Waals surface area contributed by atoms with Crippen molar-refractivity contribution >= 4 is 6.09 Å². The zero-order valence-electron chi connectivity index (χ0n) is 21.3. The number of aromatic nitrogens is 2. The van der Waals surface area contributed by atoms with Gasteiger partial charge in [-0.1, -0.05) is 12.1 Å². The largest absolute Gasteiger partial charge is 0.444 e. The minimum absolute atomic E-state index is 0.224. The summed E-state index contributed by atoms with van der Waals surface area (Å²) in [6, 6.07) is 9.22. The van der Waals surface area contributed by atoms with Gasteiger partial charge in [-0.25, -0.2) is 4.79 Å². The molecule has 1 amide bonds. The van der Waals surface area contributed by atoms with E-state index < -0.39 is 5.60 Å². The van der Waals surface area contributed by atoms with Gasteiger partial charge in [0.1, 0.15) is 5.60 Å². The number of likely N-dealkylation sites (tertiary alicyclic amines) is 2. The van der Waals surface area contributed by atoms with Crippen molar-refractivity contribution in [3.05, 3.63) is 59.2 Å². The Morgan fingerprint density at radius 2 is 1.59 bits per heavy atom. The van der Waals surface area contributed by atoms with Crippen LogP contribution in [-0.4, -0.2) is 63.7 Å². The van der Waals surface area contributed by atoms with Crippen LogP contribution >= 0.6 is 0 Å². The Morgan fingerprint density at radius 1 is 1.03 bits per heavy atom. The number of carbonyl (C=O) groups is 1. The van der Waals surface area contributed by atoms with Crippen molar-refractivity contribution in [3.8, 4) is 0 Å². The van der Waals surface area contributed by atoms with Gasteiger partial charge >= 0.3 is 6.09 Å². The van der Waals surface area contributed by atoms with Crippen LogP contribution in [-0.2, 0) is 4.74 Å². The standard InChI is InChI=1S/C27H39N5O2/c1-19-9-7-13-29-24(19)22-11-6-12-23(25-20(2)10-8-14-30-25)32(22)16-15-28-21-17-31(18-21)26(33)34-27(3,4)5/h7-10,13-14,21-23,28H,6,11-12,15-18H2,1-5H3/t22-,23+. The Labute approximate surface area is 203 Å². The first-order valence-corrected chi connectivity index (χ1v) is 12.5. The molecule has 0 unspecified atom stereocenters. The third kappa shape index (κ3) is 5.76. The number of piperidine rings is 1. The van der Waals surface area contributed by atoms with E-state index in [0.717, 1.165) is 25.9 Å². The van der Waals surface area contributed by atoms with Gasteiger partial charge in [0, 0.05) is 44.6 Å². The Morgan fingerprint density at radius 3 is 2.09 bits per heavy atom.